The van der Waals surface area contributed by atoms with Gasteiger partial charge in [0.25, 0.3) is 0 Å². The molecule has 0 spiro atoms. The number of halogens is 1. The highest BCUT2D eigenvalue weighted by atomic mass is 35.5. The number of rotatable bonds is 5. The zero-order valence-corrected chi connectivity index (χ0v) is 9.61. The Kier molecular flexibility index (Phi) is 5.09. The minimum atomic E-state index is -0.466. The van der Waals surface area contributed by atoms with E-state index in [4.69, 9.17) is 16.7 Å². The molecule has 0 bridgehead atoms. The van der Waals surface area contributed by atoms with E-state index in [-0.39, 0.29) is 12.5 Å². The predicted molar refractivity (Wildman–Crippen MR) is 62.0 cm³/mol. The third-order valence-electron chi connectivity index (χ3n) is 2.61. The van der Waals surface area contributed by atoms with Crippen molar-refractivity contribution in [1.82, 2.24) is 0 Å². The van der Waals surface area contributed by atoms with Crippen LogP contribution in [0.1, 0.15) is 18.9 Å². The Morgan fingerprint density at radius 1 is 1.33 bits per heavy atom. The Labute approximate surface area is 95.5 Å². The maximum Gasteiger partial charge on any atom is 0.0590 e. The molecule has 1 aromatic carbocycles. The summed E-state index contributed by atoms with van der Waals surface area (Å²) in [6.45, 7) is 1.85. The van der Waals surface area contributed by atoms with Gasteiger partial charge >= 0.3 is 0 Å². The van der Waals surface area contributed by atoms with Crippen LogP contribution in [0.25, 0.3) is 0 Å². The Bertz CT molecular complexity index is 301. The molecular weight excluding hydrogens is 212 g/mol. The van der Waals surface area contributed by atoms with E-state index in [9.17, 15) is 5.11 Å². The smallest absolute Gasteiger partial charge is 0.0590 e. The third-order valence-corrected chi connectivity index (χ3v) is 2.98. The molecule has 2 N–H and O–H groups in total. The van der Waals surface area contributed by atoms with Gasteiger partial charge in [0.05, 0.1) is 6.10 Å². The summed E-state index contributed by atoms with van der Waals surface area (Å²) in [6.07, 6.45) is 0.905. The first-order valence-corrected chi connectivity index (χ1v) is 5.55. The van der Waals surface area contributed by atoms with Crippen LogP contribution in [-0.2, 0) is 6.42 Å². The van der Waals surface area contributed by atoms with Crippen LogP contribution in [0.3, 0.4) is 0 Å². The molecule has 0 aromatic heterocycles. The molecule has 15 heavy (non-hydrogen) atoms. The van der Waals surface area contributed by atoms with Crippen LogP contribution in [-0.4, -0.2) is 22.9 Å². The number of aliphatic hydroxyl groups excluding tert-OH is 2. The van der Waals surface area contributed by atoms with E-state index in [1.54, 1.807) is 0 Å². The summed E-state index contributed by atoms with van der Waals surface area (Å²) in [7, 11) is 0. The van der Waals surface area contributed by atoms with E-state index < -0.39 is 6.10 Å². The zero-order chi connectivity index (χ0) is 11.3. The summed E-state index contributed by atoms with van der Waals surface area (Å²) in [5.41, 5.74) is 1.04. The minimum Gasteiger partial charge on any atom is -0.396 e. The van der Waals surface area contributed by atoms with E-state index in [1.807, 2.05) is 31.2 Å². The van der Waals surface area contributed by atoms with Gasteiger partial charge in [0.1, 0.15) is 0 Å². The number of hydrogen-bond donors (Lipinski definition) is 2. The molecular formula is C12H17ClO2. The van der Waals surface area contributed by atoms with Crippen molar-refractivity contribution in [3.63, 3.8) is 0 Å². The van der Waals surface area contributed by atoms with Gasteiger partial charge in [-0.05, 0) is 24.5 Å². The topological polar surface area (TPSA) is 40.5 Å². The van der Waals surface area contributed by atoms with Crippen molar-refractivity contribution >= 4 is 11.6 Å². The molecule has 2 nitrogen and oxygen atoms in total. The van der Waals surface area contributed by atoms with Crippen molar-refractivity contribution in [2.24, 2.45) is 5.92 Å². The molecule has 0 radical (unpaired) electrons. The summed E-state index contributed by atoms with van der Waals surface area (Å²) in [4.78, 5) is 0. The van der Waals surface area contributed by atoms with Gasteiger partial charge < -0.3 is 10.2 Å². The predicted octanol–water partition coefficient (Wildman–Crippen LogP) is 2.26. The van der Waals surface area contributed by atoms with Crippen molar-refractivity contribution in [2.75, 3.05) is 6.61 Å². The summed E-state index contributed by atoms with van der Waals surface area (Å²) in [5.74, 6) is -0.0764. The molecule has 0 aliphatic carbocycles. The molecule has 2 unspecified atom stereocenters. The SMILES string of the molecule is CC(CO)C(O)CCc1ccccc1Cl. The number of aryl methyl sites for hydroxylation is 1. The fourth-order valence-corrected chi connectivity index (χ4v) is 1.64. The van der Waals surface area contributed by atoms with E-state index in [2.05, 4.69) is 0 Å². The largest absolute Gasteiger partial charge is 0.396 e. The highest BCUT2D eigenvalue weighted by Gasteiger charge is 2.13. The zero-order valence-electron chi connectivity index (χ0n) is 8.86. The van der Waals surface area contributed by atoms with E-state index in [1.165, 1.54) is 0 Å². The molecule has 1 rings (SSSR count). The highest BCUT2D eigenvalue weighted by molar-refractivity contribution is 6.31. The molecule has 84 valence electrons. The van der Waals surface area contributed by atoms with Crippen molar-refractivity contribution in [3.05, 3.63) is 34.9 Å². The van der Waals surface area contributed by atoms with Crippen LogP contribution in [0.4, 0.5) is 0 Å². The third kappa shape index (κ3) is 3.82. The maximum absolute atomic E-state index is 9.67. The lowest BCUT2D eigenvalue weighted by Crippen LogP contribution is -2.21. The van der Waals surface area contributed by atoms with Gasteiger partial charge in [0, 0.05) is 17.5 Å². The monoisotopic (exact) mass is 228 g/mol. The van der Waals surface area contributed by atoms with Crippen LogP contribution in [0, 0.1) is 5.92 Å². The highest BCUT2D eigenvalue weighted by Crippen LogP contribution is 2.18. The molecule has 0 aliphatic rings. The number of aliphatic hydroxyl groups is 2. The molecule has 0 aliphatic heterocycles. The summed E-state index contributed by atoms with van der Waals surface area (Å²) in [6, 6.07) is 7.62. The molecule has 3 heteroatoms. The maximum atomic E-state index is 9.67. The Balaban J connectivity index is 2.47. The van der Waals surface area contributed by atoms with Gasteiger partial charge in [-0.1, -0.05) is 36.7 Å². The van der Waals surface area contributed by atoms with Gasteiger partial charge in [-0.15, -0.1) is 0 Å². The lowest BCUT2D eigenvalue weighted by atomic mass is 9.98. The Hall–Kier alpha value is -0.570. The average Bonchev–Trinajstić information content (AvgIpc) is 2.26. The van der Waals surface area contributed by atoms with Crippen LogP contribution in [0.2, 0.25) is 5.02 Å². The van der Waals surface area contributed by atoms with Crippen LogP contribution < -0.4 is 0 Å². The van der Waals surface area contributed by atoms with Crippen molar-refractivity contribution in [3.8, 4) is 0 Å². The molecule has 1 aromatic rings. The second kappa shape index (κ2) is 6.11. The molecule has 0 saturated carbocycles. The standard InChI is InChI=1S/C12H17ClO2/c1-9(8-14)12(15)7-6-10-4-2-3-5-11(10)13/h2-5,9,12,14-15H,6-8H2,1H3. The molecule has 0 heterocycles. The quantitative estimate of drug-likeness (QED) is 0.812. The molecule has 0 amide bonds. The first-order valence-electron chi connectivity index (χ1n) is 5.17. The normalized spacial score (nSPS) is 14.9. The summed E-state index contributed by atoms with van der Waals surface area (Å²) >= 11 is 5.99. The van der Waals surface area contributed by atoms with E-state index >= 15 is 0 Å². The first-order chi connectivity index (χ1) is 7.15. The minimum absolute atomic E-state index is 0.0175. The second-order valence-corrected chi connectivity index (χ2v) is 4.26. The van der Waals surface area contributed by atoms with Crippen LogP contribution >= 0.6 is 11.6 Å². The Morgan fingerprint density at radius 2 is 2.00 bits per heavy atom. The summed E-state index contributed by atoms with van der Waals surface area (Å²) in [5, 5.41) is 19.3. The average molecular weight is 229 g/mol. The second-order valence-electron chi connectivity index (χ2n) is 3.86. The molecule has 0 fully saturated rings. The lowest BCUT2D eigenvalue weighted by Gasteiger charge is -2.16. The van der Waals surface area contributed by atoms with Crippen molar-refractivity contribution in [1.29, 1.82) is 0 Å². The van der Waals surface area contributed by atoms with Crippen molar-refractivity contribution < 1.29 is 10.2 Å². The van der Waals surface area contributed by atoms with Gasteiger partial charge in [-0.2, -0.15) is 0 Å². The Morgan fingerprint density at radius 3 is 2.60 bits per heavy atom. The van der Waals surface area contributed by atoms with Gasteiger partial charge in [-0.3, -0.25) is 0 Å². The van der Waals surface area contributed by atoms with Gasteiger partial charge in [0.2, 0.25) is 0 Å². The fraction of sp³-hybridized carbons (Fsp3) is 0.500. The van der Waals surface area contributed by atoms with Gasteiger partial charge in [-0.25, -0.2) is 0 Å². The van der Waals surface area contributed by atoms with E-state index in [0.29, 0.717) is 6.42 Å². The number of hydrogen-bond acceptors (Lipinski definition) is 2. The first kappa shape index (κ1) is 12.5. The fourth-order valence-electron chi connectivity index (χ4n) is 1.41. The van der Waals surface area contributed by atoms with Crippen molar-refractivity contribution in [2.45, 2.75) is 25.9 Å². The van der Waals surface area contributed by atoms with Gasteiger partial charge in [0.15, 0.2) is 0 Å². The number of benzene rings is 1. The lowest BCUT2D eigenvalue weighted by molar-refractivity contribution is 0.0709. The van der Waals surface area contributed by atoms with E-state index in [0.717, 1.165) is 17.0 Å². The van der Waals surface area contributed by atoms with Crippen LogP contribution in [0.5, 0.6) is 0 Å². The van der Waals surface area contributed by atoms with Crippen LogP contribution in [0.15, 0.2) is 24.3 Å². The summed E-state index contributed by atoms with van der Waals surface area (Å²) < 4.78 is 0. The molecule has 2 atom stereocenters. The molecule has 0 saturated heterocycles.